The van der Waals surface area contributed by atoms with E-state index < -0.39 is 11.8 Å². The summed E-state index contributed by atoms with van der Waals surface area (Å²) in [6.07, 6.45) is 3.97. The van der Waals surface area contributed by atoms with Gasteiger partial charge in [-0.2, -0.15) is 0 Å². The number of carbonyl (C=O) groups is 2. The van der Waals surface area contributed by atoms with Crippen molar-refractivity contribution in [1.82, 2.24) is 19.9 Å². The third-order valence-electron chi connectivity index (χ3n) is 6.26. The van der Waals surface area contributed by atoms with Crippen LogP contribution in [0.5, 0.6) is 0 Å². The zero-order chi connectivity index (χ0) is 26.3. The molecule has 1 saturated heterocycles. The lowest BCUT2D eigenvalue weighted by Gasteiger charge is -2.27. The maximum absolute atomic E-state index is 11.7. The number of hydrogen-bond acceptors (Lipinski definition) is 8. The molecular weight excluding hydrogens is 482 g/mol. The van der Waals surface area contributed by atoms with Crippen molar-refractivity contribution in [2.75, 3.05) is 48.4 Å². The van der Waals surface area contributed by atoms with Gasteiger partial charge in [0.15, 0.2) is 0 Å². The molecule has 1 aliphatic rings. The highest BCUT2D eigenvalue weighted by Crippen LogP contribution is 2.29. The maximum Gasteiger partial charge on any atom is 0.300 e. The summed E-state index contributed by atoms with van der Waals surface area (Å²) in [6.45, 7) is 4.97. The standard InChI is InChI=1S/C28H27N7O3/c1-2-3-26(37)33-22-8-9-24(30-16-22)20(17-36)15-29-21-6-4-19(5-7-21)25-14-23-27(34-25)31-18-32-28(23)35-10-12-38-13-11-35/h4-9,14,16-18,20,29H,10-13,15H2,1H3,(H,33,37)(H,31,32,34). The van der Waals surface area contributed by atoms with Crippen LogP contribution < -0.4 is 15.5 Å². The molecule has 10 nitrogen and oxygen atoms in total. The first-order valence-corrected chi connectivity index (χ1v) is 12.3. The number of benzene rings is 1. The maximum atomic E-state index is 11.7. The van der Waals surface area contributed by atoms with E-state index in [1.807, 2.05) is 24.3 Å². The van der Waals surface area contributed by atoms with Crippen LogP contribution in [0.25, 0.3) is 22.3 Å². The first-order valence-electron chi connectivity index (χ1n) is 12.3. The summed E-state index contributed by atoms with van der Waals surface area (Å²) < 4.78 is 5.47. The van der Waals surface area contributed by atoms with Gasteiger partial charge >= 0.3 is 0 Å². The molecule has 1 unspecified atom stereocenters. The Balaban J connectivity index is 1.24. The number of fused-ring (bicyclic) bond motifs is 1. The Morgan fingerprint density at radius 3 is 2.63 bits per heavy atom. The fourth-order valence-corrected chi connectivity index (χ4v) is 4.30. The van der Waals surface area contributed by atoms with E-state index in [9.17, 15) is 9.59 Å². The largest absolute Gasteiger partial charge is 0.384 e. The number of aldehydes is 1. The molecule has 1 aliphatic heterocycles. The average molecular weight is 510 g/mol. The highest BCUT2D eigenvalue weighted by atomic mass is 16.5. The molecule has 1 atom stereocenters. The van der Waals surface area contributed by atoms with Crippen LogP contribution in [-0.2, 0) is 14.3 Å². The zero-order valence-corrected chi connectivity index (χ0v) is 20.9. The highest BCUT2D eigenvalue weighted by molar-refractivity contribution is 6.03. The summed E-state index contributed by atoms with van der Waals surface area (Å²) in [7, 11) is 0. The number of aromatic nitrogens is 4. The molecule has 3 N–H and O–H groups in total. The van der Waals surface area contributed by atoms with Crippen molar-refractivity contribution in [3.63, 3.8) is 0 Å². The summed E-state index contributed by atoms with van der Waals surface area (Å²) in [5.41, 5.74) is 4.78. The van der Waals surface area contributed by atoms with Crippen LogP contribution in [0, 0.1) is 11.8 Å². The van der Waals surface area contributed by atoms with Crippen LogP contribution in [0.4, 0.5) is 17.2 Å². The topological polar surface area (TPSA) is 125 Å². The minimum Gasteiger partial charge on any atom is -0.384 e. The van der Waals surface area contributed by atoms with Gasteiger partial charge in [-0.15, -0.1) is 0 Å². The molecular formula is C28H27N7O3. The van der Waals surface area contributed by atoms with Gasteiger partial charge in [-0.05, 0) is 48.7 Å². The number of carbonyl (C=O) groups excluding carboxylic acids is 2. The summed E-state index contributed by atoms with van der Waals surface area (Å²) in [4.78, 5) is 42.2. The van der Waals surface area contributed by atoms with E-state index in [1.54, 1.807) is 25.4 Å². The zero-order valence-electron chi connectivity index (χ0n) is 20.9. The van der Waals surface area contributed by atoms with E-state index in [2.05, 4.69) is 53.4 Å². The number of aromatic amines is 1. The molecule has 0 radical (unpaired) electrons. The number of H-pyrrole nitrogens is 1. The predicted molar refractivity (Wildman–Crippen MR) is 146 cm³/mol. The van der Waals surface area contributed by atoms with Gasteiger partial charge in [0.05, 0.1) is 42.1 Å². The highest BCUT2D eigenvalue weighted by Gasteiger charge is 2.18. The Hall–Kier alpha value is -4.75. The lowest BCUT2D eigenvalue weighted by atomic mass is 10.1. The molecule has 10 heteroatoms. The fraction of sp³-hybridized carbons (Fsp3) is 0.250. The van der Waals surface area contributed by atoms with Crippen molar-refractivity contribution >= 4 is 40.4 Å². The Morgan fingerprint density at radius 1 is 1.13 bits per heavy atom. The number of morpholine rings is 1. The SMILES string of the molecule is CC#CC(=O)Nc1ccc(C(C=O)CNc2ccc(-c3cc4c(N5CCOCC5)ncnc4[nH]3)cc2)nc1. The van der Waals surface area contributed by atoms with Gasteiger partial charge < -0.3 is 30.0 Å². The fourth-order valence-electron chi connectivity index (χ4n) is 4.30. The van der Waals surface area contributed by atoms with Gasteiger partial charge in [0, 0.05) is 31.0 Å². The molecule has 3 aromatic heterocycles. The average Bonchev–Trinajstić information content (AvgIpc) is 3.40. The van der Waals surface area contributed by atoms with Gasteiger partial charge in [-0.3, -0.25) is 9.78 Å². The molecule has 1 fully saturated rings. The Morgan fingerprint density at radius 2 is 1.92 bits per heavy atom. The number of amides is 1. The normalized spacial score (nSPS) is 13.9. The van der Waals surface area contributed by atoms with Crippen molar-refractivity contribution in [2.45, 2.75) is 12.8 Å². The van der Waals surface area contributed by atoms with E-state index in [0.717, 1.165) is 53.2 Å². The van der Waals surface area contributed by atoms with E-state index in [1.165, 1.54) is 6.20 Å². The van der Waals surface area contributed by atoms with E-state index in [-0.39, 0.29) is 0 Å². The summed E-state index contributed by atoms with van der Waals surface area (Å²) >= 11 is 0. The molecule has 4 heterocycles. The molecule has 0 bridgehead atoms. The van der Waals surface area contributed by atoms with Crippen LogP contribution >= 0.6 is 0 Å². The molecule has 5 rings (SSSR count). The minimum absolute atomic E-state index is 0.383. The Kier molecular flexibility index (Phi) is 7.57. The number of pyridine rings is 1. The van der Waals surface area contributed by atoms with E-state index in [4.69, 9.17) is 4.74 Å². The number of nitrogens with one attached hydrogen (secondary N) is 3. The lowest BCUT2D eigenvalue weighted by Crippen LogP contribution is -2.36. The van der Waals surface area contributed by atoms with Crippen molar-refractivity contribution < 1.29 is 14.3 Å². The Labute approximate surface area is 219 Å². The molecule has 4 aromatic rings. The molecule has 0 spiro atoms. The smallest absolute Gasteiger partial charge is 0.300 e. The number of hydrogen-bond donors (Lipinski definition) is 3. The van der Waals surface area contributed by atoms with Crippen LogP contribution in [0.1, 0.15) is 18.5 Å². The second-order valence-corrected chi connectivity index (χ2v) is 8.74. The predicted octanol–water partition coefficient (Wildman–Crippen LogP) is 3.21. The third-order valence-corrected chi connectivity index (χ3v) is 6.26. The van der Waals surface area contributed by atoms with Crippen LogP contribution in [-0.4, -0.2) is 65.0 Å². The number of anilines is 3. The minimum atomic E-state index is -0.444. The summed E-state index contributed by atoms with van der Waals surface area (Å²) in [5.74, 6) is 5.02. The molecule has 38 heavy (non-hydrogen) atoms. The van der Waals surface area contributed by atoms with Crippen molar-refractivity contribution in [3.05, 3.63) is 60.7 Å². The van der Waals surface area contributed by atoms with Gasteiger partial charge in [0.1, 0.15) is 24.1 Å². The van der Waals surface area contributed by atoms with Gasteiger partial charge in [-0.25, -0.2) is 9.97 Å². The lowest BCUT2D eigenvalue weighted by molar-refractivity contribution is -0.111. The molecule has 1 aromatic carbocycles. The van der Waals surface area contributed by atoms with Crippen LogP contribution in [0.15, 0.2) is 55.0 Å². The first kappa shape index (κ1) is 24.9. The van der Waals surface area contributed by atoms with Gasteiger partial charge in [0.2, 0.25) is 0 Å². The third kappa shape index (κ3) is 5.63. The van der Waals surface area contributed by atoms with E-state index in [0.29, 0.717) is 31.1 Å². The van der Waals surface area contributed by atoms with Crippen molar-refractivity contribution in [1.29, 1.82) is 0 Å². The number of nitrogens with zero attached hydrogens (tertiary/aromatic N) is 4. The summed E-state index contributed by atoms with van der Waals surface area (Å²) in [5, 5.41) is 6.92. The molecule has 0 saturated carbocycles. The second kappa shape index (κ2) is 11.5. The quantitative estimate of drug-likeness (QED) is 0.244. The summed E-state index contributed by atoms with van der Waals surface area (Å²) in [6, 6.07) is 13.5. The van der Waals surface area contributed by atoms with Crippen LogP contribution in [0.2, 0.25) is 0 Å². The monoisotopic (exact) mass is 509 g/mol. The first-order chi connectivity index (χ1) is 18.6. The van der Waals surface area contributed by atoms with E-state index >= 15 is 0 Å². The van der Waals surface area contributed by atoms with Crippen molar-refractivity contribution in [3.8, 4) is 23.1 Å². The van der Waals surface area contributed by atoms with Crippen molar-refractivity contribution in [2.24, 2.45) is 0 Å². The molecule has 192 valence electrons. The van der Waals surface area contributed by atoms with Crippen LogP contribution in [0.3, 0.4) is 0 Å². The number of rotatable bonds is 8. The Bertz CT molecular complexity index is 1480. The van der Waals surface area contributed by atoms with Gasteiger partial charge in [0.25, 0.3) is 5.91 Å². The molecule has 0 aliphatic carbocycles. The molecule has 1 amide bonds. The second-order valence-electron chi connectivity index (χ2n) is 8.74. The number of ether oxygens (including phenoxy) is 1. The van der Waals surface area contributed by atoms with Gasteiger partial charge in [-0.1, -0.05) is 18.1 Å².